The van der Waals surface area contributed by atoms with E-state index < -0.39 is 29.3 Å². The van der Waals surface area contributed by atoms with Crippen molar-refractivity contribution >= 4 is 17.3 Å². The third-order valence-corrected chi connectivity index (χ3v) is 3.24. The van der Waals surface area contributed by atoms with Crippen LogP contribution in [0.1, 0.15) is 15.9 Å². The van der Waals surface area contributed by atoms with Crippen LogP contribution < -0.4 is 10.2 Å². The SMILES string of the molecule is CN(C)c1ccc(C(F)(F)F)cc1NC(=O)c1ccc(F)c(F)c1. The van der Waals surface area contributed by atoms with Crippen molar-refractivity contribution in [2.45, 2.75) is 6.18 Å². The lowest BCUT2D eigenvalue weighted by atomic mass is 10.1. The Morgan fingerprint density at radius 3 is 2.21 bits per heavy atom. The number of halogens is 5. The van der Waals surface area contributed by atoms with Crippen LogP contribution in [0.5, 0.6) is 0 Å². The van der Waals surface area contributed by atoms with Gasteiger partial charge in [0.15, 0.2) is 11.6 Å². The van der Waals surface area contributed by atoms with Crippen LogP contribution in [-0.4, -0.2) is 20.0 Å². The summed E-state index contributed by atoms with van der Waals surface area (Å²) >= 11 is 0. The largest absolute Gasteiger partial charge is 0.416 e. The summed E-state index contributed by atoms with van der Waals surface area (Å²) in [6.45, 7) is 0. The number of benzene rings is 2. The van der Waals surface area contributed by atoms with Crippen LogP contribution in [0.3, 0.4) is 0 Å². The fourth-order valence-electron chi connectivity index (χ4n) is 2.03. The smallest absolute Gasteiger partial charge is 0.376 e. The molecule has 8 heteroatoms. The van der Waals surface area contributed by atoms with Gasteiger partial charge >= 0.3 is 6.18 Å². The zero-order valence-corrected chi connectivity index (χ0v) is 12.7. The maximum atomic E-state index is 13.2. The summed E-state index contributed by atoms with van der Waals surface area (Å²) in [6.07, 6.45) is -4.58. The van der Waals surface area contributed by atoms with Gasteiger partial charge in [0.2, 0.25) is 0 Å². The van der Waals surface area contributed by atoms with Gasteiger partial charge in [-0.1, -0.05) is 0 Å². The lowest BCUT2D eigenvalue weighted by Gasteiger charge is -2.20. The molecule has 2 rings (SSSR count). The maximum Gasteiger partial charge on any atom is 0.416 e. The Bertz CT molecular complexity index is 772. The van der Waals surface area contributed by atoms with Gasteiger partial charge in [-0.25, -0.2) is 8.78 Å². The second-order valence-electron chi connectivity index (χ2n) is 5.21. The van der Waals surface area contributed by atoms with Crippen LogP contribution in [0.25, 0.3) is 0 Å². The molecule has 0 aromatic heterocycles. The van der Waals surface area contributed by atoms with E-state index in [2.05, 4.69) is 5.32 Å². The third kappa shape index (κ3) is 3.81. The normalized spacial score (nSPS) is 11.3. The number of alkyl halides is 3. The van der Waals surface area contributed by atoms with E-state index in [0.29, 0.717) is 11.8 Å². The molecular weight excluding hydrogens is 331 g/mol. The monoisotopic (exact) mass is 344 g/mol. The summed E-state index contributed by atoms with van der Waals surface area (Å²) < 4.78 is 64.6. The lowest BCUT2D eigenvalue weighted by Crippen LogP contribution is -2.18. The van der Waals surface area contributed by atoms with Crippen molar-refractivity contribution in [1.29, 1.82) is 0 Å². The Balaban J connectivity index is 2.39. The van der Waals surface area contributed by atoms with E-state index in [-0.39, 0.29) is 11.3 Å². The number of nitrogens with zero attached hydrogens (tertiary/aromatic N) is 1. The van der Waals surface area contributed by atoms with Gasteiger partial charge in [-0.05, 0) is 36.4 Å². The average Bonchev–Trinajstić information content (AvgIpc) is 2.48. The molecule has 0 fully saturated rings. The minimum Gasteiger partial charge on any atom is -0.376 e. The first-order chi connectivity index (χ1) is 11.1. The van der Waals surface area contributed by atoms with Crippen LogP contribution in [0.2, 0.25) is 0 Å². The maximum absolute atomic E-state index is 13.2. The highest BCUT2D eigenvalue weighted by molar-refractivity contribution is 6.06. The minimum atomic E-state index is -4.58. The molecule has 0 bridgehead atoms. The molecule has 1 N–H and O–H groups in total. The molecule has 0 aliphatic heterocycles. The quantitative estimate of drug-likeness (QED) is 0.842. The number of carbonyl (C=O) groups excluding carboxylic acids is 1. The standard InChI is InChI=1S/C16H13F5N2O/c1-23(2)14-6-4-10(16(19,20)21)8-13(14)22-15(24)9-3-5-11(17)12(18)7-9/h3-8H,1-2H3,(H,22,24). The molecule has 0 atom stereocenters. The highest BCUT2D eigenvalue weighted by atomic mass is 19.4. The number of rotatable bonds is 3. The molecule has 0 aliphatic carbocycles. The van der Waals surface area contributed by atoms with Crippen LogP contribution in [0.15, 0.2) is 36.4 Å². The zero-order chi connectivity index (χ0) is 18.1. The highest BCUT2D eigenvalue weighted by Crippen LogP contribution is 2.35. The summed E-state index contributed by atoms with van der Waals surface area (Å²) in [6, 6.07) is 5.37. The van der Waals surface area contributed by atoms with Crippen molar-refractivity contribution in [3.05, 3.63) is 59.2 Å². The van der Waals surface area contributed by atoms with Crippen LogP contribution in [0.4, 0.5) is 33.3 Å². The van der Waals surface area contributed by atoms with Crippen LogP contribution >= 0.6 is 0 Å². The van der Waals surface area contributed by atoms with Gasteiger partial charge in [-0.3, -0.25) is 4.79 Å². The summed E-state index contributed by atoms with van der Waals surface area (Å²) in [7, 11) is 3.19. The number of hydrogen-bond acceptors (Lipinski definition) is 2. The summed E-state index contributed by atoms with van der Waals surface area (Å²) in [4.78, 5) is 13.6. The highest BCUT2D eigenvalue weighted by Gasteiger charge is 2.31. The second-order valence-corrected chi connectivity index (χ2v) is 5.21. The van der Waals surface area contributed by atoms with Crippen molar-refractivity contribution in [3.63, 3.8) is 0 Å². The van der Waals surface area contributed by atoms with Crippen molar-refractivity contribution in [1.82, 2.24) is 0 Å². The summed E-state index contributed by atoms with van der Waals surface area (Å²) in [5.41, 5.74) is -0.909. The van der Waals surface area contributed by atoms with Crippen molar-refractivity contribution in [2.75, 3.05) is 24.3 Å². The Morgan fingerprint density at radius 1 is 1.00 bits per heavy atom. The first kappa shape index (κ1) is 17.7. The number of nitrogens with one attached hydrogen (secondary N) is 1. The zero-order valence-electron chi connectivity index (χ0n) is 12.7. The molecule has 24 heavy (non-hydrogen) atoms. The fourth-order valence-corrected chi connectivity index (χ4v) is 2.03. The van der Waals surface area contributed by atoms with Crippen LogP contribution in [0, 0.1) is 11.6 Å². The van der Waals surface area contributed by atoms with Gasteiger partial charge in [0.05, 0.1) is 16.9 Å². The average molecular weight is 344 g/mol. The summed E-state index contributed by atoms with van der Waals surface area (Å²) in [5, 5.41) is 2.30. The predicted octanol–water partition coefficient (Wildman–Crippen LogP) is 4.30. The molecule has 0 radical (unpaired) electrons. The molecule has 2 aromatic rings. The lowest BCUT2D eigenvalue weighted by molar-refractivity contribution is -0.137. The number of carbonyl (C=O) groups is 1. The molecule has 3 nitrogen and oxygen atoms in total. The molecular formula is C16H13F5N2O. The topological polar surface area (TPSA) is 32.3 Å². The first-order valence-corrected chi connectivity index (χ1v) is 6.74. The van der Waals surface area contributed by atoms with Gasteiger partial charge in [-0.15, -0.1) is 0 Å². The Hall–Kier alpha value is -2.64. The third-order valence-electron chi connectivity index (χ3n) is 3.24. The molecule has 0 spiro atoms. The Kier molecular flexibility index (Phi) is 4.77. The van der Waals surface area contributed by atoms with E-state index in [4.69, 9.17) is 0 Å². The Morgan fingerprint density at radius 2 is 1.67 bits per heavy atom. The number of hydrogen-bond donors (Lipinski definition) is 1. The Labute approximate surface area is 134 Å². The van der Waals surface area contributed by atoms with Gasteiger partial charge in [0.1, 0.15) is 0 Å². The van der Waals surface area contributed by atoms with Gasteiger partial charge in [-0.2, -0.15) is 13.2 Å². The van der Waals surface area contributed by atoms with E-state index in [9.17, 15) is 26.7 Å². The van der Waals surface area contributed by atoms with Crippen molar-refractivity contribution in [3.8, 4) is 0 Å². The van der Waals surface area contributed by atoms with Gasteiger partial charge < -0.3 is 10.2 Å². The second kappa shape index (κ2) is 6.46. The van der Waals surface area contributed by atoms with Crippen LogP contribution in [-0.2, 0) is 6.18 Å². The molecule has 2 aromatic carbocycles. The molecule has 128 valence electrons. The van der Waals surface area contributed by atoms with Crippen molar-refractivity contribution < 1.29 is 26.7 Å². The molecule has 0 saturated carbocycles. The van der Waals surface area contributed by atoms with E-state index in [0.717, 1.165) is 24.3 Å². The van der Waals surface area contributed by atoms with E-state index in [1.54, 1.807) is 14.1 Å². The molecule has 1 amide bonds. The van der Waals surface area contributed by atoms with Gasteiger partial charge in [0.25, 0.3) is 5.91 Å². The summed E-state index contributed by atoms with van der Waals surface area (Å²) in [5.74, 6) is -3.20. The number of anilines is 2. The number of amides is 1. The van der Waals surface area contributed by atoms with Crippen molar-refractivity contribution in [2.24, 2.45) is 0 Å². The fraction of sp³-hybridized carbons (Fsp3) is 0.188. The first-order valence-electron chi connectivity index (χ1n) is 6.74. The minimum absolute atomic E-state index is 0.0930. The van der Waals surface area contributed by atoms with E-state index in [1.807, 2.05) is 0 Å². The molecule has 0 unspecified atom stereocenters. The molecule has 0 aliphatic rings. The van der Waals surface area contributed by atoms with E-state index >= 15 is 0 Å². The molecule has 0 saturated heterocycles. The van der Waals surface area contributed by atoms with Gasteiger partial charge in [0, 0.05) is 19.7 Å². The predicted molar refractivity (Wildman–Crippen MR) is 80.1 cm³/mol. The van der Waals surface area contributed by atoms with E-state index in [1.165, 1.54) is 11.0 Å². The molecule has 0 heterocycles.